The molecule has 0 aromatic carbocycles. The van der Waals surface area contributed by atoms with Crippen molar-refractivity contribution in [3.05, 3.63) is 23.0 Å². The first kappa shape index (κ1) is 9.97. The van der Waals surface area contributed by atoms with E-state index in [9.17, 15) is 4.79 Å². The van der Waals surface area contributed by atoms with Crippen molar-refractivity contribution in [2.45, 2.75) is 6.92 Å². The summed E-state index contributed by atoms with van der Waals surface area (Å²) in [5.74, 6) is -1.00. The molecule has 0 aliphatic carbocycles. The molecule has 0 saturated heterocycles. The first-order valence-corrected chi connectivity index (χ1v) is 3.86. The van der Waals surface area contributed by atoms with Gasteiger partial charge in [0.2, 0.25) is 0 Å². The van der Waals surface area contributed by atoms with Crippen LogP contribution in [-0.2, 0) is 0 Å². The van der Waals surface area contributed by atoms with Gasteiger partial charge in [-0.2, -0.15) is 0 Å². The quantitative estimate of drug-likeness (QED) is 0.348. The van der Waals surface area contributed by atoms with Crippen LogP contribution in [-0.4, -0.2) is 28.2 Å². The van der Waals surface area contributed by atoms with Crippen molar-refractivity contribution in [1.29, 1.82) is 0 Å². The van der Waals surface area contributed by atoms with E-state index in [1.165, 1.54) is 6.07 Å². The highest BCUT2D eigenvalue weighted by Gasteiger charge is 2.18. The Labute approximate surface area is 80.0 Å². The van der Waals surface area contributed by atoms with Crippen molar-refractivity contribution in [3.8, 4) is 0 Å². The minimum atomic E-state index is -1.06. The number of aromatic amines is 1. The van der Waals surface area contributed by atoms with Gasteiger partial charge in [0.05, 0.1) is 5.56 Å². The molecule has 14 heavy (non-hydrogen) atoms. The van der Waals surface area contributed by atoms with Crippen molar-refractivity contribution in [1.82, 2.24) is 4.98 Å². The molecule has 0 spiro atoms. The number of hydrogen-bond acceptors (Lipinski definition) is 1. The number of aromatic carboxylic acids is 1. The fourth-order valence-electron chi connectivity index (χ4n) is 1.10. The molecule has 0 amide bonds. The summed E-state index contributed by atoms with van der Waals surface area (Å²) in [6.07, 6.45) is 1.01. The maximum Gasteiger partial charge on any atom is 0.338 e. The number of aryl methyl sites for hydroxylation is 1. The van der Waals surface area contributed by atoms with E-state index in [0.717, 1.165) is 6.34 Å². The minimum absolute atomic E-state index is 0.0537. The molecule has 0 aliphatic rings. The number of aromatic nitrogens is 1. The van der Waals surface area contributed by atoms with Gasteiger partial charge in [-0.3, -0.25) is 5.41 Å². The van der Waals surface area contributed by atoms with Crippen LogP contribution >= 0.6 is 0 Å². The Kier molecular flexibility index (Phi) is 2.66. The van der Waals surface area contributed by atoms with Crippen LogP contribution in [0.2, 0.25) is 0 Å². The predicted octanol–water partition coefficient (Wildman–Crippen LogP) is -1.49. The largest absolute Gasteiger partial charge is 0.478 e. The Morgan fingerprint density at radius 1 is 1.79 bits per heavy atom. The van der Waals surface area contributed by atoms with Crippen LogP contribution in [0.1, 0.15) is 21.7 Å². The van der Waals surface area contributed by atoms with E-state index in [0.29, 0.717) is 5.69 Å². The van der Waals surface area contributed by atoms with E-state index in [-0.39, 0.29) is 17.1 Å². The van der Waals surface area contributed by atoms with Crippen molar-refractivity contribution < 1.29 is 15.3 Å². The van der Waals surface area contributed by atoms with Crippen LogP contribution in [0.25, 0.3) is 0 Å². The number of rotatable bonds is 3. The number of carboxylic acids is 1. The second-order valence-corrected chi connectivity index (χ2v) is 2.71. The van der Waals surface area contributed by atoms with Gasteiger partial charge in [0, 0.05) is 5.69 Å². The summed E-state index contributed by atoms with van der Waals surface area (Å²) in [5, 5.41) is 13.9. The summed E-state index contributed by atoms with van der Waals surface area (Å²) in [5.41, 5.74) is 6.57. The lowest BCUT2D eigenvalue weighted by Crippen LogP contribution is -2.30. The monoisotopic (exact) mass is 195 g/mol. The van der Waals surface area contributed by atoms with Gasteiger partial charge in [-0.15, -0.1) is 0 Å². The number of nitrogens with zero attached hydrogens (tertiary/aromatic N) is 1. The fourth-order valence-corrected chi connectivity index (χ4v) is 1.10. The Morgan fingerprint density at radius 3 is 2.93 bits per heavy atom. The van der Waals surface area contributed by atoms with Crippen molar-refractivity contribution in [3.63, 3.8) is 0 Å². The Morgan fingerprint density at radius 2 is 2.43 bits per heavy atom. The van der Waals surface area contributed by atoms with Gasteiger partial charge >= 0.3 is 5.97 Å². The average molecular weight is 195 g/mol. The SMILES string of the molecule is Cc1cc(C(=O)O)c(C(N)=NC=[NH2+])[nH]1. The van der Waals surface area contributed by atoms with E-state index in [1.807, 2.05) is 0 Å². The second kappa shape index (κ2) is 3.73. The zero-order valence-electron chi connectivity index (χ0n) is 7.61. The van der Waals surface area contributed by atoms with Crippen LogP contribution in [0.3, 0.4) is 0 Å². The minimum Gasteiger partial charge on any atom is -0.478 e. The smallest absolute Gasteiger partial charge is 0.338 e. The van der Waals surface area contributed by atoms with Gasteiger partial charge in [0.1, 0.15) is 5.69 Å². The maximum atomic E-state index is 10.8. The topological polar surface area (TPSA) is 117 Å². The number of amidine groups is 1. The van der Waals surface area contributed by atoms with Crippen LogP contribution in [0.4, 0.5) is 0 Å². The molecule has 0 unspecified atom stereocenters. The fraction of sp³-hybridized carbons (Fsp3) is 0.125. The van der Waals surface area contributed by atoms with Gasteiger partial charge < -0.3 is 15.8 Å². The highest BCUT2D eigenvalue weighted by Crippen LogP contribution is 2.09. The number of nitrogens with one attached hydrogen (secondary N) is 1. The molecule has 1 aromatic heterocycles. The maximum absolute atomic E-state index is 10.8. The zero-order chi connectivity index (χ0) is 10.7. The number of nitrogens with two attached hydrogens (primary N) is 2. The third-order valence-electron chi connectivity index (χ3n) is 1.65. The molecule has 1 heterocycles. The normalized spacial score (nSPS) is 11.4. The molecule has 1 aromatic rings. The highest BCUT2D eigenvalue weighted by molar-refractivity contribution is 6.07. The van der Waals surface area contributed by atoms with Crippen LogP contribution in [0, 0.1) is 6.92 Å². The van der Waals surface area contributed by atoms with E-state index >= 15 is 0 Å². The van der Waals surface area contributed by atoms with E-state index in [1.54, 1.807) is 6.92 Å². The summed E-state index contributed by atoms with van der Waals surface area (Å²) in [4.78, 5) is 17.2. The van der Waals surface area contributed by atoms with E-state index < -0.39 is 5.97 Å². The third-order valence-corrected chi connectivity index (χ3v) is 1.65. The Hall–Kier alpha value is -2.11. The number of hydrogen-bond donors (Lipinski definition) is 4. The van der Waals surface area contributed by atoms with E-state index in [2.05, 4.69) is 9.98 Å². The van der Waals surface area contributed by atoms with Crippen LogP contribution in [0.5, 0.6) is 0 Å². The molecule has 6 N–H and O–H groups in total. The molecule has 0 saturated carbocycles. The average Bonchev–Trinajstić information content (AvgIpc) is 2.48. The summed E-state index contributed by atoms with van der Waals surface area (Å²) >= 11 is 0. The molecule has 74 valence electrons. The number of carboxylic acid groups (broad SMARTS) is 1. The van der Waals surface area contributed by atoms with Crippen LogP contribution < -0.4 is 11.1 Å². The van der Waals surface area contributed by atoms with Gasteiger partial charge in [0.15, 0.2) is 0 Å². The van der Waals surface area contributed by atoms with Crippen molar-refractivity contribution in [2.24, 2.45) is 10.7 Å². The first-order chi connectivity index (χ1) is 6.56. The van der Waals surface area contributed by atoms with Crippen molar-refractivity contribution in [2.75, 3.05) is 0 Å². The highest BCUT2D eigenvalue weighted by atomic mass is 16.4. The zero-order valence-corrected chi connectivity index (χ0v) is 7.61. The second-order valence-electron chi connectivity index (χ2n) is 2.71. The number of H-pyrrole nitrogens is 1. The molecule has 0 atom stereocenters. The van der Waals surface area contributed by atoms with Gasteiger partial charge in [-0.1, -0.05) is 0 Å². The molecule has 0 bridgehead atoms. The lowest BCUT2D eigenvalue weighted by molar-refractivity contribution is -0.106. The Balaban J connectivity index is 3.26. The Bertz CT molecular complexity index is 405. The molecular formula is C8H11N4O2+. The van der Waals surface area contributed by atoms with Gasteiger partial charge in [0.25, 0.3) is 12.2 Å². The predicted molar refractivity (Wildman–Crippen MR) is 51.2 cm³/mol. The molecule has 6 heteroatoms. The summed E-state index contributed by atoms with van der Waals surface area (Å²) < 4.78 is 0. The first-order valence-electron chi connectivity index (χ1n) is 3.86. The molecule has 0 fully saturated rings. The molecule has 0 radical (unpaired) electrons. The lowest BCUT2D eigenvalue weighted by atomic mass is 10.2. The molecular weight excluding hydrogens is 184 g/mol. The van der Waals surface area contributed by atoms with Crippen molar-refractivity contribution >= 4 is 18.1 Å². The molecule has 0 aliphatic heterocycles. The third kappa shape index (κ3) is 1.79. The standard InChI is InChI=1S/C8H10N4O2/c1-4-2-5(8(13)14)6(12-4)7(10)11-3-9/h2-3,12H,1H3,(H,13,14)(H3,9,10,11)/p+1. The molecule has 1 rings (SSSR count). The number of carbonyl (C=O) groups is 1. The van der Waals surface area contributed by atoms with Crippen LogP contribution in [0.15, 0.2) is 11.1 Å². The van der Waals surface area contributed by atoms with Gasteiger partial charge in [-0.25, -0.2) is 4.79 Å². The summed E-state index contributed by atoms with van der Waals surface area (Å²) in [6, 6.07) is 1.48. The summed E-state index contributed by atoms with van der Waals surface area (Å²) in [7, 11) is 0. The lowest BCUT2D eigenvalue weighted by Gasteiger charge is -1.92. The molecule has 6 nitrogen and oxygen atoms in total. The summed E-state index contributed by atoms with van der Waals surface area (Å²) in [6.45, 7) is 1.73. The number of aliphatic imine (C=N–C) groups is 1. The van der Waals surface area contributed by atoms with E-state index in [4.69, 9.17) is 16.2 Å². The van der Waals surface area contributed by atoms with Gasteiger partial charge in [-0.05, 0) is 18.0 Å².